The van der Waals surface area contributed by atoms with Gasteiger partial charge in [0.05, 0.1) is 18.6 Å². The van der Waals surface area contributed by atoms with Gasteiger partial charge in [-0.3, -0.25) is 4.79 Å². The van der Waals surface area contributed by atoms with Crippen LogP contribution in [0.25, 0.3) is 0 Å². The Hall–Kier alpha value is -0.810. The van der Waals surface area contributed by atoms with Gasteiger partial charge in [-0.2, -0.15) is 15.2 Å². The number of esters is 1. The summed E-state index contributed by atoms with van der Waals surface area (Å²) in [6, 6.07) is 0. The number of hydrogen-bond acceptors (Lipinski definition) is 9. The zero-order valence-electron chi connectivity index (χ0n) is 28.2. The van der Waals surface area contributed by atoms with E-state index in [9.17, 15) is 20.4 Å². The first-order valence-corrected chi connectivity index (χ1v) is 15.0. The van der Waals surface area contributed by atoms with E-state index in [0.29, 0.717) is 19.4 Å². The molecule has 3 heterocycles. The topological polar surface area (TPSA) is 106 Å². The molecule has 0 radical (unpaired) electrons. The van der Waals surface area contributed by atoms with E-state index < -0.39 is 0 Å². The number of carbonyl (C=O) groups is 1. The summed E-state index contributed by atoms with van der Waals surface area (Å²) >= 11 is 0. The SMILES string of the molecule is CC1(C)CCCC(C)(C)N1O.CCOC(=O)C1CC(C)(C)N(O)C(C)(C)C1.COC1CC(C)(C)N(O)C(C)(C)C1. The van der Waals surface area contributed by atoms with Gasteiger partial charge in [0.15, 0.2) is 0 Å². The molecule has 0 saturated carbocycles. The number of hydroxylamine groups is 6. The summed E-state index contributed by atoms with van der Waals surface area (Å²) in [5, 5.41) is 34.2. The van der Waals surface area contributed by atoms with Gasteiger partial charge in [-0.15, -0.1) is 0 Å². The molecule has 9 nitrogen and oxygen atoms in total. The normalized spacial score (nSPS) is 27.9. The Bertz CT molecular complexity index is 772. The van der Waals surface area contributed by atoms with Gasteiger partial charge in [0.1, 0.15) is 0 Å². The average molecular weight is 574 g/mol. The molecule has 0 spiro atoms. The van der Waals surface area contributed by atoms with E-state index in [0.717, 1.165) is 25.7 Å². The van der Waals surface area contributed by atoms with Gasteiger partial charge in [0.2, 0.25) is 0 Å². The summed E-state index contributed by atoms with van der Waals surface area (Å²) in [7, 11) is 1.74. The van der Waals surface area contributed by atoms with Gasteiger partial charge < -0.3 is 25.1 Å². The summed E-state index contributed by atoms with van der Waals surface area (Å²) in [5.41, 5.74) is -1.24. The Labute approximate surface area is 245 Å². The Morgan fingerprint density at radius 2 is 0.975 bits per heavy atom. The van der Waals surface area contributed by atoms with Crippen LogP contribution in [0.15, 0.2) is 0 Å². The van der Waals surface area contributed by atoms with Crippen molar-refractivity contribution in [3.63, 3.8) is 0 Å². The van der Waals surface area contributed by atoms with Crippen LogP contribution in [0.4, 0.5) is 0 Å². The predicted molar refractivity (Wildman–Crippen MR) is 159 cm³/mol. The smallest absolute Gasteiger partial charge is 0.309 e. The molecule has 0 aliphatic carbocycles. The minimum Gasteiger partial charge on any atom is -0.466 e. The van der Waals surface area contributed by atoms with Gasteiger partial charge in [0.25, 0.3) is 0 Å². The summed E-state index contributed by atoms with van der Waals surface area (Å²) in [6.07, 6.45) is 6.68. The van der Waals surface area contributed by atoms with Gasteiger partial charge in [0, 0.05) is 40.3 Å². The maximum absolute atomic E-state index is 11.8. The van der Waals surface area contributed by atoms with Crippen molar-refractivity contribution in [3.8, 4) is 0 Å². The van der Waals surface area contributed by atoms with Crippen LogP contribution in [-0.2, 0) is 14.3 Å². The lowest BCUT2D eigenvalue weighted by Crippen LogP contribution is -2.60. The molecule has 0 aromatic carbocycles. The predicted octanol–water partition coefficient (Wildman–Crippen LogP) is 6.67. The van der Waals surface area contributed by atoms with E-state index in [1.165, 1.54) is 21.6 Å². The van der Waals surface area contributed by atoms with Gasteiger partial charge in [-0.25, -0.2) is 0 Å². The third kappa shape index (κ3) is 9.35. The quantitative estimate of drug-likeness (QED) is 0.319. The number of piperidine rings is 3. The largest absolute Gasteiger partial charge is 0.466 e. The summed E-state index contributed by atoms with van der Waals surface area (Å²) in [6.45, 7) is 26.5. The first-order valence-electron chi connectivity index (χ1n) is 15.0. The van der Waals surface area contributed by atoms with E-state index in [1.54, 1.807) is 7.11 Å². The molecule has 3 saturated heterocycles. The lowest BCUT2D eigenvalue weighted by molar-refractivity contribution is -0.259. The lowest BCUT2D eigenvalue weighted by atomic mass is 9.75. The molecule has 3 aliphatic heterocycles. The van der Waals surface area contributed by atoms with Crippen LogP contribution in [0.2, 0.25) is 0 Å². The molecule has 0 atom stereocenters. The molecule has 9 heteroatoms. The molecule has 3 rings (SSSR count). The first-order chi connectivity index (χ1) is 17.9. The summed E-state index contributed by atoms with van der Waals surface area (Å²) < 4.78 is 10.4. The molecule has 238 valence electrons. The zero-order valence-corrected chi connectivity index (χ0v) is 28.2. The standard InChI is InChI=1S/C12H23NO3.C10H21NO2.C9H19NO/c1-6-16-10(14)9-7-11(2,3)13(15)12(4,5)8-9;1-9(2)6-8(13-5)7-10(3,4)11(9)12;1-8(2)6-5-7-9(3,4)10(8)11/h9,15H,6-8H2,1-5H3;8,12H,6-7H2,1-5H3;11H,5-7H2,1-4H3. The summed E-state index contributed by atoms with van der Waals surface area (Å²) in [5.74, 6) is -0.259. The van der Waals surface area contributed by atoms with Gasteiger partial charge in [-0.05, 0) is 135 Å². The highest BCUT2D eigenvalue weighted by molar-refractivity contribution is 5.73. The van der Waals surface area contributed by atoms with Crippen LogP contribution < -0.4 is 0 Å². The molecule has 3 N–H and O–H groups in total. The van der Waals surface area contributed by atoms with E-state index in [-0.39, 0.29) is 51.2 Å². The van der Waals surface area contributed by atoms with Crippen molar-refractivity contribution in [1.82, 2.24) is 15.2 Å². The average Bonchev–Trinajstić information content (AvgIpc) is 2.79. The molecule has 0 amide bonds. The molecule has 0 aromatic rings. The number of hydrogen-bond donors (Lipinski definition) is 3. The van der Waals surface area contributed by atoms with Crippen molar-refractivity contribution in [2.24, 2.45) is 5.92 Å². The Kier molecular flexibility index (Phi) is 12.3. The van der Waals surface area contributed by atoms with E-state index >= 15 is 0 Å². The van der Waals surface area contributed by atoms with Gasteiger partial charge >= 0.3 is 5.97 Å². The Morgan fingerprint density at radius 1 is 0.650 bits per heavy atom. The zero-order chi connectivity index (χ0) is 31.5. The summed E-state index contributed by atoms with van der Waals surface area (Å²) in [4.78, 5) is 11.8. The van der Waals surface area contributed by atoms with Crippen molar-refractivity contribution in [2.75, 3.05) is 13.7 Å². The maximum Gasteiger partial charge on any atom is 0.309 e. The highest BCUT2D eigenvalue weighted by Gasteiger charge is 2.48. The van der Waals surface area contributed by atoms with Crippen LogP contribution in [0.5, 0.6) is 0 Å². The highest BCUT2D eigenvalue weighted by Crippen LogP contribution is 2.41. The number of rotatable bonds is 3. The molecule has 0 bridgehead atoms. The van der Waals surface area contributed by atoms with Crippen molar-refractivity contribution < 1.29 is 29.9 Å². The van der Waals surface area contributed by atoms with Crippen molar-refractivity contribution in [1.29, 1.82) is 0 Å². The first kappa shape index (κ1) is 37.2. The van der Waals surface area contributed by atoms with Crippen molar-refractivity contribution in [2.45, 2.75) is 174 Å². The van der Waals surface area contributed by atoms with Gasteiger partial charge in [-0.1, -0.05) is 0 Å². The molecule has 0 aromatic heterocycles. The molecule has 3 fully saturated rings. The second-order valence-corrected chi connectivity index (χ2v) is 15.8. The minimum absolute atomic E-state index is 0.0399. The van der Waals surface area contributed by atoms with Crippen molar-refractivity contribution in [3.05, 3.63) is 0 Å². The number of ether oxygens (including phenoxy) is 2. The van der Waals surface area contributed by atoms with Crippen LogP contribution >= 0.6 is 0 Å². The maximum atomic E-state index is 11.8. The van der Waals surface area contributed by atoms with Crippen LogP contribution in [-0.4, -0.2) is 89.8 Å². The Morgan fingerprint density at radius 3 is 1.27 bits per heavy atom. The molecule has 40 heavy (non-hydrogen) atoms. The lowest BCUT2D eigenvalue weighted by Gasteiger charge is -2.51. The molecular weight excluding hydrogens is 510 g/mol. The van der Waals surface area contributed by atoms with E-state index in [4.69, 9.17) is 9.47 Å². The third-order valence-electron chi connectivity index (χ3n) is 8.92. The van der Waals surface area contributed by atoms with E-state index in [2.05, 4.69) is 27.7 Å². The monoisotopic (exact) mass is 573 g/mol. The number of nitrogens with zero attached hydrogens (tertiary/aromatic N) is 3. The third-order valence-corrected chi connectivity index (χ3v) is 8.92. The Balaban J connectivity index is 0.000000305. The van der Waals surface area contributed by atoms with Crippen molar-refractivity contribution >= 4 is 5.97 Å². The number of carbonyl (C=O) groups excluding carboxylic acids is 1. The molecular formula is C31H63N3O6. The second-order valence-electron chi connectivity index (χ2n) is 15.8. The van der Waals surface area contributed by atoms with Crippen LogP contribution in [0, 0.1) is 5.92 Å². The van der Waals surface area contributed by atoms with Crippen LogP contribution in [0.3, 0.4) is 0 Å². The second kappa shape index (κ2) is 13.2. The van der Waals surface area contributed by atoms with E-state index in [1.807, 2.05) is 62.3 Å². The number of methoxy groups -OCH3 is 1. The molecule has 0 unspecified atom stereocenters. The minimum atomic E-state index is -0.390. The fraction of sp³-hybridized carbons (Fsp3) is 0.968. The highest BCUT2D eigenvalue weighted by atomic mass is 16.5. The molecule has 3 aliphatic rings. The fourth-order valence-electron chi connectivity index (χ4n) is 7.03. The van der Waals surface area contributed by atoms with Crippen LogP contribution in [0.1, 0.15) is 135 Å². The fourth-order valence-corrected chi connectivity index (χ4v) is 7.03.